The Balaban J connectivity index is 0. The second kappa shape index (κ2) is 4.77. The Hall–Kier alpha value is -0.150. The van der Waals surface area contributed by atoms with Crippen LogP contribution in [-0.4, -0.2) is 28.3 Å². The van der Waals surface area contributed by atoms with Crippen molar-refractivity contribution in [2.45, 2.75) is 5.51 Å². The fraction of sp³-hybridized carbons (Fsp3) is 1.00. The van der Waals surface area contributed by atoms with Crippen LogP contribution in [0, 0.1) is 0 Å². The second-order valence-electron chi connectivity index (χ2n) is 1.20. The number of hydrogen-bond donors (Lipinski definition) is 3. The van der Waals surface area contributed by atoms with Gasteiger partial charge in [0.2, 0.25) is 0 Å². The summed E-state index contributed by atoms with van der Waals surface area (Å²) in [6.45, 7) is 0. The Morgan fingerprint density at radius 2 is 1.25 bits per heavy atom. The van der Waals surface area contributed by atoms with Gasteiger partial charge >= 0.3 is 23.9 Å². The molecule has 0 radical (unpaired) electrons. The van der Waals surface area contributed by atoms with E-state index in [0.717, 1.165) is 0 Å². The molecule has 6 nitrogen and oxygen atoms in total. The van der Waals surface area contributed by atoms with Crippen LogP contribution in [0.15, 0.2) is 0 Å². The topological polar surface area (TPSA) is 112 Å². The molecule has 3 N–H and O–H groups in total. The largest absolute Gasteiger partial charge is 0.522 e. The molecule has 0 saturated carbocycles. The van der Waals surface area contributed by atoms with Crippen molar-refractivity contribution in [1.29, 1.82) is 0 Å². The maximum absolute atomic E-state index is 10.7. The van der Waals surface area contributed by atoms with Gasteiger partial charge in [-0.2, -0.15) is 21.6 Å². The fourth-order valence-electron chi connectivity index (χ4n) is 0. The van der Waals surface area contributed by atoms with E-state index < -0.39 is 23.9 Å². The van der Waals surface area contributed by atoms with Crippen LogP contribution in [0.3, 0.4) is 0 Å². The molecule has 0 aliphatic carbocycles. The fourth-order valence-corrected chi connectivity index (χ4v) is 0. The molecule has 0 spiro atoms. The van der Waals surface area contributed by atoms with Crippen LogP contribution in [0.1, 0.15) is 0 Å². The first-order chi connectivity index (χ1) is 4.98. The van der Waals surface area contributed by atoms with E-state index in [2.05, 4.69) is 0 Å². The van der Waals surface area contributed by atoms with Gasteiger partial charge in [0.15, 0.2) is 0 Å². The molecule has 0 aliphatic rings. The number of rotatable bonds is 0. The van der Waals surface area contributed by atoms with E-state index >= 15 is 0 Å². The van der Waals surface area contributed by atoms with Crippen molar-refractivity contribution in [3.8, 4) is 0 Å². The molecule has 11 heteroatoms. The Bertz CT molecular complexity index is 236. The predicted molar refractivity (Wildman–Crippen MR) is 31.0 cm³/mol. The summed E-state index contributed by atoms with van der Waals surface area (Å²) < 4.78 is 66.3. The molecule has 0 aliphatic heterocycles. The second-order valence-corrected chi connectivity index (χ2v) is 3.18. The maximum atomic E-state index is 10.7. The van der Waals surface area contributed by atoms with E-state index in [1.807, 2.05) is 0 Å². The molecule has 0 aromatic heterocycles. The highest BCUT2D eigenvalue weighted by Crippen LogP contribution is 2.20. The standard InChI is InChI=1S/CHF3O3S.H3O3P/c2-1(3,4)8(5,6)7;1-4(2)3/h(H,5,6,7);4H,(H2,1,2,3). The monoisotopic (exact) mass is 232 g/mol. The minimum Gasteiger partial charge on any atom is -0.326 e. The van der Waals surface area contributed by atoms with E-state index in [1.165, 1.54) is 0 Å². The summed E-state index contributed by atoms with van der Waals surface area (Å²) in [5.74, 6) is 0. The van der Waals surface area contributed by atoms with Crippen LogP contribution >= 0.6 is 8.25 Å². The van der Waals surface area contributed by atoms with Crippen molar-refractivity contribution in [1.82, 2.24) is 0 Å². The van der Waals surface area contributed by atoms with Crippen LogP contribution in [0.25, 0.3) is 0 Å². The van der Waals surface area contributed by atoms with Gasteiger partial charge in [0, 0.05) is 0 Å². The molecule has 0 heterocycles. The minimum absolute atomic E-state index is 3.13. The van der Waals surface area contributed by atoms with Gasteiger partial charge in [-0.1, -0.05) is 0 Å². The third-order valence-electron chi connectivity index (χ3n) is 0.292. The smallest absolute Gasteiger partial charge is 0.326 e. The predicted octanol–water partition coefficient (Wildman–Crippen LogP) is -0.245. The highest BCUT2D eigenvalue weighted by Gasteiger charge is 2.44. The van der Waals surface area contributed by atoms with E-state index in [9.17, 15) is 13.2 Å². The molecule has 0 aromatic carbocycles. The first-order valence-corrected chi connectivity index (χ1v) is 4.68. The molecule has 12 heavy (non-hydrogen) atoms. The van der Waals surface area contributed by atoms with Gasteiger partial charge in [-0.3, -0.25) is 9.12 Å². The Morgan fingerprint density at radius 3 is 1.25 bits per heavy atom. The minimum atomic E-state index is -5.84. The van der Waals surface area contributed by atoms with Crippen molar-refractivity contribution < 1.29 is 40.5 Å². The Labute approximate surface area is 65.3 Å². The Kier molecular flexibility index (Phi) is 5.72. The summed E-state index contributed by atoms with van der Waals surface area (Å²) in [7, 11) is -8.97. The summed E-state index contributed by atoms with van der Waals surface area (Å²) in [5.41, 5.74) is -5.53. The summed E-state index contributed by atoms with van der Waals surface area (Å²) in [5, 5.41) is 0. The van der Waals surface area contributed by atoms with Crippen molar-refractivity contribution in [3.63, 3.8) is 0 Å². The van der Waals surface area contributed by atoms with E-state index in [1.54, 1.807) is 0 Å². The average Bonchev–Trinajstić information content (AvgIpc) is 1.55. The van der Waals surface area contributed by atoms with Gasteiger partial charge in [-0.05, 0) is 0 Å². The van der Waals surface area contributed by atoms with Crippen LogP contribution in [0.5, 0.6) is 0 Å². The van der Waals surface area contributed by atoms with Crippen molar-refractivity contribution in [2.75, 3.05) is 0 Å². The number of halogens is 3. The lowest BCUT2D eigenvalue weighted by atomic mass is 11.6. The van der Waals surface area contributed by atoms with Gasteiger partial charge < -0.3 is 9.79 Å². The number of hydrogen-bond acceptors (Lipinski definition) is 3. The lowest BCUT2D eigenvalue weighted by molar-refractivity contribution is -0.0510. The lowest BCUT2D eigenvalue weighted by Gasteiger charge is -1.97. The molecule has 0 aromatic rings. The van der Waals surface area contributed by atoms with Crippen molar-refractivity contribution in [2.24, 2.45) is 0 Å². The normalized spacial score (nSPS) is 12.2. The molecular formula is CH4F3O6PS. The zero-order valence-corrected chi connectivity index (χ0v) is 6.93. The molecule has 0 bridgehead atoms. The van der Waals surface area contributed by atoms with E-state index in [-0.39, 0.29) is 0 Å². The van der Waals surface area contributed by atoms with Gasteiger partial charge in [0.25, 0.3) is 0 Å². The third-order valence-corrected chi connectivity index (χ3v) is 0.877. The molecular weight excluding hydrogens is 228 g/mol. The van der Waals surface area contributed by atoms with Gasteiger partial charge in [-0.15, -0.1) is 0 Å². The van der Waals surface area contributed by atoms with Gasteiger partial charge in [0.05, 0.1) is 0 Å². The van der Waals surface area contributed by atoms with Crippen molar-refractivity contribution >= 4 is 18.4 Å². The van der Waals surface area contributed by atoms with Crippen LogP contribution in [0.4, 0.5) is 13.2 Å². The molecule has 0 rings (SSSR count). The molecule has 0 amide bonds. The van der Waals surface area contributed by atoms with Crippen LogP contribution in [-0.2, 0) is 14.7 Å². The quantitative estimate of drug-likeness (QED) is 0.301. The van der Waals surface area contributed by atoms with Crippen molar-refractivity contribution in [3.05, 3.63) is 0 Å². The third kappa shape index (κ3) is 9.85. The molecule has 0 unspecified atom stereocenters. The maximum Gasteiger partial charge on any atom is 0.522 e. The first-order valence-electron chi connectivity index (χ1n) is 1.94. The van der Waals surface area contributed by atoms with Crippen LogP contribution < -0.4 is 0 Å². The first kappa shape index (κ1) is 14.4. The van der Waals surface area contributed by atoms with E-state index in [4.69, 9.17) is 27.3 Å². The molecule has 0 saturated heterocycles. The lowest BCUT2D eigenvalue weighted by Crippen LogP contribution is -2.21. The zero-order chi connectivity index (χ0) is 10.6. The Morgan fingerprint density at radius 1 is 1.17 bits per heavy atom. The highest BCUT2D eigenvalue weighted by molar-refractivity contribution is 7.86. The molecule has 76 valence electrons. The SMILES string of the molecule is O=S(=O)(O)C(F)(F)F.O=[PH](O)O. The molecule has 0 fully saturated rings. The summed E-state index contributed by atoms with van der Waals surface area (Å²) in [6, 6.07) is 0. The zero-order valence-electron chi connectivity index (χ0n) is 5.11. The van der Waals surface area contributed by atoms with Crippen LogP contribution in [0.2, 0.25) is 0 Å². The van der Waals surface area contributed by atoms with E-state index in [0.29, 0.717) is 0 Å². The summed E-state index contributed by atoms with van der Waals surface area (Å²) >= 11 is 0. The molecule has 0 atom stereocenters. The van der Waals surface area contributed by atoms with Gasteiger partial charge in [0.1, 0.15) is 0 Å². The summed E-state index contributed by atoms with van der Waals surface area (Å²) in [4.78, 5) is 14.3. The number of alkyl halides is 3. The van der Waals surface area contributed by atoms with Gasteiger partial charge in [-0.25, -0.2) is 0 Å². The average molecular weight is 232 g/mol. The summed E-state index contributed by atoms with van der Waals surface area (Å²) in [6.07, 6.45) is 0. The highest BCUT2D eigenvalue weighted by atomic mass is 32.2.